The van der Waals surface area contributed by atoms with Crippen LogP contribution in [0.2, 0.25) is 0 Å². The Morgan fingerprint density at radius 1 is 0.231 bits per heavy atom. The summed E-state index contributed by atoms with van der Waals surface area (Å²) < 4.78 is 351. The Balaban J connectivity index is 1.73. The van der Waals surface area contributed by atoms with Gasteiger partial charge in [0.05, 0.1) is 10.6 Å². The third-order valence-corrected chi connectivity index (χ3v) is 28.0. The summed E-state index contributed by atoms with van der Waals surface area (Å²) in [5.74, 6) is -52.6. The summed E-state index contributed by atoms with van der Waals surface area (Å²) in [7, 11) is -11.1. The van der Waals surface area contributed by atoms with Crippen molar-refractivity contribution in [1.82, 2.24) is 0 Å². The average Bonchev–Trinajstić information content (AvgIpc) is 0.692. The van der Waals surface area contributed by atoms with Crippen LogP contribution in [0.4, 0.5) is 87.8 Å². The number of hydrogen-bond donors (Lipinski definition) is 0. The number of hydrogen-bond acceptors (Lipinski definition) is 0. The fourth-order valence-electron chi connectivity index (χ4n) is 15.8. The van der Waals surface area contributed by atoms with E-state index in [0.29, 0.717) is 34.2 Å². The van der Waals surface area contributed by atoms with Crippen LogP contribution in [0.3, 0.4) is 0 Å². The van der Waals surface area contributed by atoms with E-state index in [-0.39, 0.29) is 65.7 Å². The third kappa shape index (κ3) is 11.6. The summed E-state index contributed by atoms with van der Waals surface area (Å²) in [5, 5.41) is -2.77. The van der Waals surface area contributed by atoms with Gasteiger partial charge in [-0.25, -0.2) is 87.8 Å². The minimum absolute atomic E-state index is 0.0123. The molecule has 0 unspecified atom stereocenters. The smallest absolute Gasteiger partial charge is 0.200 e. The first kappa shape index (κ1) is 75.5. The zero-order chi connectivity index (χ0) is 76.4. The van der Waals surface area contributed by atoms with Gasteiger partial charge < -0.3 is 0 Å². The zero-order valence-corrected chi connectivity index (χ0v) is 58.9. The van der Waals surface area contributed by atoms with Crippen LogP contribution < -0.4 is 43.1 Å². The Kier molecular flexibility index (Phi) is 19.9. The van der Waals surface area contributed by atoms with Crippen LogP contribution >= 0.6 is 14.5 Å². The SMILES string of the molecule is Cc1cc(C)c([P+]2(c3c(C)cc(C)cc3C)C#C[B-](c3c(F)c(F)c(F)c(F)c3F)(c3c(F)c(F)c(F)c(F)c3F)/C=C(/c3ccccc3)[P+](c3c(C)cc(C)cc3C)(c3c(C)cc(C)cc3C)C#C[B-](c3c(F)c(F)c(F)c(F)c3F)(c3c(F)c(F)c(F)c(F)c3F)/C=C\2c2ccccc2)c(C)c1. The lowest BCUT2D eigenvalue weighted by Gasteiger charge is -2.41. The van der Waals surface area contributed by atoms with E-state index in [0.717, 1.165) is 24.3 Å². The molecule has 1 aliphatic rings. The second kappa shape index (κ2) is 27.5. The van der Waals surface area contributed by atoms with Gasteiger partial charge in [0.1, 0.15) is 67.8 Å². The molecule has 1 aliphatic heterocycles. The summed E-state index contributed by atoms with van der Waals surface area (Å²) in [6.45, 7) is 17.2. The minimum Gasteiger partial charge on any atom is -0.254 e. The van der Waals surface area contributed by atoms with Crippen molar-refractivity contribution >= 4 is 80.5 Å². The molecule has 10 aromatic rings. The van der Waals surface area contributed by atoms with Crippen molar-refractivity contribution in [3.8, 4) is 23.0 Å². The van der Waals surface area contributed by atoms with Crippen molar-refractivity contribution in [2.45, 2.75) is 83.1 Å². The normalized spacial score (nSPS) is 15.6. The molecule has 11 rings (SSSR count). The van der Waals surface area contributed by atoms with Crippen LogP contribution in [0.25, 0.3) is 10.6 Å². The highest BCUT2D eigenvalue weighted by atomic mass is 31.2. The highest BCUT2D eigenvalue weighted by Gasteiger charge is 2.57. The highest BCUT2D eigenvalue weighted by molar-refractivity contribution is 8.03. The van der Waals surface area contributed by atoms with Gasteiger partial charge in [-0.05, 0) is 128 Å². The van der Waals surface area contributed by atoms with Gasteiger partial charge in [0.2, 0.25) is 0 Å². The fourth-order valence-corrected chi connectivity index (χ4v) is 25.4. The first-order valence-electron chi connectivity index (χ1n) is 32.0. The van der Waals surface area contributed by atoms with Gasteiger partial charge in [-0.1, -0.05) is 131 Å². The molecule has 0 radical (unpaired) electrons. The second-order valence-corrected chi connectivity index (χ2v) is 32.4. The predicted molar refractivity (Wildman–Crippen MR) is 374 cm³/mol. The Bertz CT molecular complexity index is 4770. The van der Waals surface area contributed by atoms with Crippen molar-refractivity contribution in [1.29, 1.82) is 0 Å². The van der Waals surface area contributed by atoms with E-state index in [4.69, 9.17) is 0 Å². The van der Waals surface area contributed by atoms with Gasteiger partial charge in [0.25, 0.3) is 0 Å². The molecule has 0 aliphatic carbocycles. The summed E-state index contributed by atoms with van der Waals surface area (Å²) in [6, 6.07) is 23.6. The summed E-state index contributed by atoms with van der Waals surface area (Å²) >= 11 is 0. The molecular weight excluding hydrogens is 1420 g/mol. The molecule has 0 N–H and O–H groups in total. The third-order valence-electron chi connectivity index (χ3n) is 19.3. The minimum atomic E-state index is -5.78. The maximum Gasteiger partial charge on any atom is 0.200 e. The Labute approximate surface area is 587 Å². The fraction of sp³-hybridized carbons (Fsp3) is 0.150. The molecule has 0 fully saturated rings. The molecule has 24 heteroatoms. The number of aryl methyl sites for hydroxylation is 12. The van der Waals surface area contributed by atoms with Gasteiger partial charge >= 0.3 is 0 Å². The molecule has 0 saturated heterocycles. The van der Waals surface area contributed by atoms with Crippen molar-refractivity contribution < 1.29 is 87.8 Å². The largest absolute Gasteiger partial charge is 0.254 e. The van der Waals surface area contributed by atoms with E-state index in [9.17, 15) is 0 Å². The molecule has 0 bridgehead atoms. The topological polar surface area (TPSA) is 0 Å². The highest BCUT2D eigenvalue weighted by Crippen LogP contribution is 2.71. The molecule has 0 amide bonds. The van der Waals surface area contributed by atoms with Crippen LogP contribution in [0.1, 0.15) is 77.9 Å². The van der Waals surface area contributed by atoms with Crippen molar-refractivity contribution in [2.75, 3.05) is 0 Å². The molecule has 0 saturated carbocycles. The lowest BCUT2D eigenvalue weighted by Crippen LogP contribution is -2.63. The Morgan fingerprint density at radius 3 is 0.567 bits per heavy atom. The lowest BCUT2D eigenvalue weighted by atomic mass is 9.18. The van der Waals surface area contributed by atoms with Crippen LogP contribution in [0, 0.1) is 222 Å². The molecule has 1 heterocycles. The lowest BCUT2D eigenvalue weighted by molar-refractivity contribution is 0.382. The molecular formula is C80H56B2F20P2. The molecule has 532 valence electrons. The Morgan fingerprint density at radius 2 is 0.394 bits per heavy atom. The van der Waals surface area contributed by atoms with E-state index in [1.165, 1.54) is 140 Å². The number of benzene rings is 10. The second-order valence-electron chi connectivity index (χ2n) is 26.5. The van der Waals surface area contributed by atoms with Crippen LogP contribution in [-0.4, -0.2) is 12.3 Å². The summed E-state index contributed by atoms with van der Waals surface area (Å²) in [6.07, 6.45) is -11.6. The van der Waals surface area contributed by atoms with E-state index < -0.39 is 187 Å². The molecule has 0 atom stereocenters. The number of halogens is 20. The number of rotatable bonds is 10. The maximum atomic E-state index is 18.6. The van der Waals surface area contributed by atoms with Gasteiger partial charge in [-0.15, -0.1) is 21.9 Å². The van der Waals surface area contributed by atoms with Crippen molar-refractivity contribution in [2.24, 2.45) is 0 Å². The van der Waals surface area contributed by atoms with Crippen molar-refractivity contribution in [3.05, 3.63) is 315 Å². The first-order valence-corrected chi connectivity index (χ1v) is 35.6. The van der Waals surface area contributed by atoms with Gasteiger partial charge in [0.15, 0.2) is 96.6 Å². The quantitative estimate of drug-likeness (QED) is 0.0320. The molecule has 0 aromatic heterocycles. The maximum absolute atomic E-state index is 18.6. The van der Waals surface area contributed by atoms with Crippen LogP contribution in [-0.2, 0) is 0 Å². The average molecular weight is 1480 g/mol. The molecule has 0 nitrogen and oxygen atoms in total. The van der Waals surface area contributed by atoms with E-state index >= 15 is 87.8 Å². The van der Waals surface area contributed by atoms with Crippen LogP contribution in [0.15, 0.2) is 121 Å². The Hall–Kier alpha value is -9.61. The van der Waals surface area contributed by atoms with Crippen molar-refractivity contribution in [3.63, 3.8) is 0 Å². The van der Waals surface area contributed by atoms with E-state index in [1.54, 1.807) is 27.7 Å². The monoisotopic (exact) mass is 1480 g/mol. The van der Waals surface area contributed by atoms with Crippen LogP contribution in [0.5, 0.6) is 0 Å². The molecule has 0 spiro atoms. The molecule has 104 heavy (non-hydrogen) atoms. The van der Waals surface area contributed by atoms with E-state index in [1.807, 2.05) is 0 Å². The predicted octanol–water partition coefficient (Wildman–Crippen LogP) is 18.5. The summed E-state index contributed by atoms with van der Waals surface area (Å²) in [5.41, 5.74) is -3.13. The van der Waals surface area contributed by atoms with E-state index in [2.05, 4.69) is 23.0 Å². The summed E-state index contributed by atoms with van der Waals surface area (Å²) in [4.78, 5) is 0. The van der Waals surface area contributed by atoms with Gasteiger partial charge in [-0.3, -0.25) is 11.6 Å². The standard InChI is InChI=1S/C80H56B2F20P2/c1-37-27-41(5)77(42(6)28-37)103(78-43(7)29-38(2)30-44(78)8)25-23-81(53-57(83)65(91)73(99)66(92)58(53)84,54-59(85)67(93)74(100)68(94)60(54)86)36-52(50-21-17-14-18-22-50)104(79-45(9)31-39(3)32-46(79)10,80-47(11)33-40(4)34-48(80)12)26-24-82(35-51(103)49-19-15-13-16-20-49,55-61(87)69(95)75(101)70(96)62(55)88)56-63(89)71(97)76(102)72(98)64(56)90/h13-22,27-36H,1-12H3/b51-35-,52-36-. The van der Waals surface area contributed by atoms with Gasteiger partial charge in [-0.2, -0.15) is 12.0 Å². The zero-order valence-electron chi connectivity index (χ0n) is 57.2. The molecule has 10 aromatic carbocycles. The first-order chi connectivity index (χ1) is 48.8. The van der Waals surface area contributed by atoms with Gasteiger partial charge in [0, 0.05) is 22.4 Å².